The molecule has 0 saturated carbocycles. The van der Waals surface area contributed by atoms with Gasteiger partial charge in [0.1, 0.15) is 5.82 Å². The zero-order valence-corrected chi connectivity index (χ0v) is 10.6. The third kappa shape index (κ3) is 1.93. The highest BCUT2D eigenvalue weighted by Gasteiger charge is 2.41. The fourth-order valence-corrected chi connectivity index (χ4v) is 4.07. The van der Waals surface area contributed by atoms with Crippen molar-refractivity contribution in [2.45, 2.75) is 17.7 Å². The molecule has 1 amide bonds. The van der Waals surface area contributed by atoms with E-state index < -0.39 is 5.82 Å². The highest BCUT2D eigenvalue weighted by Crippen LogP contribution is 2.38. The Bertz CT molecular complexity index is 482. The first-order chi connectivity index (χ1) is 8.15. The molecule has 2 unspecified atom stereocenters. The fraction of sp³-hybridized carbons (Fsp3) is 0.417. The predicted molar refractivity (Wildman–Crippen MR) is 67.1 cm³/mol. The Labute approximate surface area is 108 Å². The predicted octanol–water partition coefficient (Wildman–Crippen LogP) is 2.81. The highest BCUT2D eigenvalue weighted by molar-refractivity contribution is 8.00. The molecule has 1 aromatic carbocycles. The van der Waals surface area contributed by atoms with Crippen LogP contribution in [0, 0.1) is 5.82 Å². The summed E-state index contributed by atoms with van der Waals surface area (Å²) in [6, 6.07) is 4.40. The van der Waals surface area contributed by atoms with Crippen molar-refractivity contribution in [2.24, 2.45) is 0 Å². The van der Waals surface area contributed by atoms with Crippen LogP contribution in [0.2, 0.25) is 5.02 Å². The first-order valence-electron chi connectivity index (χ1n) is 5.53. The van der Waals surface area contributed by atoms with Crippen molar-refractivity contribution in [3.05, 3.63) is 34.6 Å². The number of carbonyl (C=O) groups is 1. The number of carbonyl (C=O) groups excluding carboxylic acids is 1. The fourth-order valence-electron chi connectivity index (χ4n) is 2.46. The van der Waals surface area contributed by atoms with E-state index in [0.29, 0.717) is 10.3 Å². The molecule has 2 fully saturated rings. The van der Waals surface area contributed by atoms with Gasteiger partial charge in [0.15, 0.2) is 0 Å². The van der Waals surface area contributed by atoms with E-state index in [4.69, 9.17) is 11.6 Å². The maximum Gasteiger partial charge on any atom is 0.257 e. The van der Waals surface area contributed by atoms with Gasteiger partial charge in [-0.25, -0.2) is 4.39 Å². The van der Waals surface area contributed by atoms with E-state index in [2.05, 4.69) is 0 Å². The molecule has 0 radical (unpaired) electrons. The van der Waals surface area contributed by atoms with Gasteiger partial charge >= 0.3 is 0 Å². The SMILES string of the molecule is O=C(c1cc(Cl)ccc1F)N1CC2CC1CS2. The summed E-state index contributed by atoms with van der Waals surface area (Å²) in [5.41, 5.74) is 0.0926. The molecule has 2 saturated heterocycles. The highest BCUT2D eigenvalue weighted by atomic mass is 35.5. The molecular weight excluding hydrogens is 261 g/mol. The van der Waals surface area contributed by atoms with E-state index in [1.54, 1.807) is 4.90 Å². The van der Waals surface area contributed by atoms with Crippen molar-refractivity contribution < 1.29 is 9.18 Å². The average molecular weight is 272 g/mol. The molecular formula is C12H11ClFNOS. The maximum absolute atomic E-state index is 13.6. The molecule has 0 spiro atoms. The van der Waals surface area contributed by atoms with Crippen LogP contribution < -0.4 is 0 Å². The molecule has 2 nitrogen and oxygen atoms in total. The van der Waals surface area contributed by atoms with Gasteiger partial charge in [-0.15, -0.1) is 0 Å². The molecule has 2 aliphatic heterocycles. The lowest BCUT2D eigenvalue weighted by molar-refractivity contribution is 0.0743. The third-order valence-corrected chi connectivity index (χ3v) is 4.95. The number of hydrogen-bond donors (Lipinski definition) is 0. The van der Waals surface area contributed by atoms with Crippen LogP contribution in [-0.4, -0.2) is 34.4 Å². The van der Waals surface area contributed by atoms with E-state index in [0.717, 1.165) is 18.7 Å². The van der Waals surface area contributed by atoms with Crippen LogP contribution in [0.4, 0.5) is 4.39 Å². The first-order valence-corrected chi connectivity index (χ1v) is 6.95. The number of benzene rings is 1. The summed E-state index contributed by atoms with van der Waals surface area (Å²) in [7, 11) is 0. The summed E-state index contributed by atoms with van der Waals surface area (Å²) in [4.78, 5) is 14.0. The van der Waals surface area contributed by atoms with Crippen molar-refractivity contribution in [1.29, 1.82) is 0 Å². The molecule has 90 valence electrons. The monoisotopic (exact) mass is 271 g/mol. The molecule has 3 rings (SSSR count). The van der Waals surface area contributed by atoms with E-state index in [1.807, 2.05) is 11.8 Å². The van der Waals surface area contributed by atoms with Gasteiger partial charge in [0.2, 0.25) is 0 Å². The summed E-state index contributed by atoms with van der Waals surface area (Å²) < 4.78 is 13.6. The van der Waals surface area contributed by atoms with Crippen LogP contribution in [-0.2, 0) is 0 Å². The van der Waals surface area contributed by atoms with E-state index in [1.165, 1.54) is 18.2 Å². The summed E-state index contributed by atoms with van der Waals surface area (Å²) >= 11 is 7.71. The van der Waals surface area contributed by atoms with Crippen LogP contribution in [0.5, 0.6) is 0 Å². The smallest absolute Gasteiger partial charge is 0.257 e. The van der Waals surface area contributed by atoms with Crippen LogP contribution >= 0.6 is 23.4 Å². The molecule has 0 aliphatic carbocycles. The van der Waals surface area contributed by atoms with Gasteiger partial charge in [0.25, 0.3) is 5.91 Å². The van der Waals surface area contributed by atoms with Gasteiger partial charge < -0.3 is 4.90 Å². The molecule has 0 N–H and O–H groups in total. The van der Waals surface area contributed by atoms with Crippen LogP contribution in [0.3, 0.4) is 0 Å². The van der Waals surface area contributed by atoms with Crippen molar-refractivity contribution in [1.82, 2.24) is 4.90 Å². The summed E-state index contributed by atoms with van der Waals surface area (Å²) in [6.45, 7) is 0.736. The van der Waals surface area contributed by atoms with Crippen molar-refractivity contribution in [3.63, 3.8) is 0 Å². The number of rotatable bonds is 1. The molecule has 2 heterocycles. The lowest BCUT2D eigenvalue weighted by Gasteiger charge is -2.26. The summed E-state index contributed by atoms with van der Waals surface area (Å²) in [6.07, 6.45) is 1.04. The minimum absolute atomic E-state index is 0.0926. The van der Waals surface area contributed by atoms with Gasteiger partial charge in [-0.2, -0.15) is 11.8 Å². The standard InChI is InChI=1S/C12H11ClFNOS/c13-7-1-2-11(14)10(3-7)12(16)15-5-9-4-8(15)6-17-9/h1-3,8-9H,4-6H2. The number of amides is 1. The Morgan fingerprint density at radius 2 is 2.35 bits per heavy atom. The van der Waals surface area contributed by atoms with Crippen molar-refractivity contribution >= 4 is 29.3 Å². The van der Waals surface area contributed by atoms with E-state index >= 15 is 0 Å². The molecule has 17 heavy (non-hydrogen) atoms. The van der Waals surface area contributed by atoms with Crippen molar-refractivity contribution in [2.75, 3.05) is 12.3 Å². The molecule has 2 aliphatic rings. The number of halogens is 2. The molecule has 2 atom stereocenters. The lowest BCUT2D eigenvalue weighted by Crippen LogP contribution is -2.39. The second-order valence-corrected chi connectivity index (χ2v) is 6.20. The van der Waals surface area contributed by atoms with E-state index in [-0.39, 0.29) is 17.5 Å². The molecule has 0 aromatic heterocycles. The number of nitrogens with zero attached hydrogens (tertiary/aromatic N) is 1. The second-order valence-electron chi connectivity index (χ2n) is 4.43. The molecule has 1 aromatic rings. The topological polar surface area (TPSA) is 20.3 Å². The van der Waals surface area contributed by atoms with Gasteiger partial charge in [-0.05, 0) is 24.6 Å². The summed E-state index contributed by atoms with van der Waals surface area (Å²) in [5, 5.41) is 0.930. The Balaban J connectivity index is 1.89. The average Bonchev–Trinajstić information content (AvgIpc) is 2.93. The van der Waals surface area contributed by atoms with Crippen LogP contribution in [0.25, 0.3) is 0 Å². The minimum atomic E-state index is -0.491. The zero-order chi connectivity index (χ0) is 12.0. The van der Waals surface area contributed by atoms with Gasteiger partial charge in [-0.1, -0.05) is 11.6 Å². The van der Waals surface area contributed by atoms with E-state index in [9.17, 15) is 9.18 Å². The van der Waals surface area contributed by atoms with Crippen LogP contribution in [0.1, 0.15) is 16.8 Å². The Hall–Kier alpha value is -0.740. The van der Waals surface area contributed by atoms with Gasteiger partial charge in [0.05, 0.1) is 5.56 Å². The number of fused-ring (bicyclic) bond motifs is 2. The van der Waals surface area contributed by atoms with Gasteiger partial charge in [-0.3, -0.25) is 4.79 Å². The largest absolute Gasteiger partial charge is 0.334 e. The molecule has 5 heteroatoms. The second kappa shape index (κ2) is 4.18. The Morgan fingerprint density at radius 3 is 3.00 bits per heavy atom. The Morgan fingerprint density at radius 1 is 1.53 bits per heavy atom. The maximum atomic E-state index is 13.6. The number of hydrogen-bond acceptors (Lipinski definition) is 2. The van der Waals surface area contributed by atoms with Crippen LogP contribution in [0.15, 0.2) is 18.2 Å². The quantitative estimate of drug-likeness (QED) is 0.783. The summed E-state index contributed by atoms with van der Waals surface area (Å²) in [5.74, 6) is 0.256. The zero-order valence-electron chi connectivity index (χ0n) is 9.03. The Kier molecular flexibility index (Phi) is 2.79. The number of likely N-dealkylation sites (tertiary alicyclic amines) is 1. The first kappa shape index (κ1) is 11.4. The minimum Gasteiger partial charge on any atom is -0.334 e. The molecule has 2 bridgehead atoms. The third-order valence-electron chi connectivity index (χ3n) is 3.32. The lowest BCUT2D eigenvalue weighted by atomic mass is 10.1. The van der Waals surface area contributed by atoms with Crippen molar-refractivity contribution in [3.8, 4) is 0 Å². The number of thioether (sulfide) groups is 1. The normalized spacial score (nSPS) is 26.6. The van der Waals surface area contributed by atoms with Gasteiger partial charge in [0, 0.05) is 28.6 Å².